The number of H-pyrrole nitrogens is 1. The zero-order chi connectivity index (χ0) is 12.8. The van der Waals surface area contributed by atoms with Gasteiger partial charge in [-0.25, -0.2) is 4.98 Å². The summed E-state index contributed by atoms with van der Waals surface area (Å²) >= 11 is 0. The lowest BCUT2D eigenvalue weighted by Crippen LogP contribution is -2.44. The zero-order valence-electron chi connectivity index (χ0n) is 10.9. The molecule has 0 spiro atoms. The van der Waals surface area contributed by atoms with Crippen molar-refractivity contribution in [3.05, 3.63) is 30.1 Å². The topological polar surface area (TPSA) is 52.1 Å². The van der Waals surface area contributed by atoms with Crippen LogP contribution in [0.25, 0.3) is 11.0 Å². The monoisotopic (exact) mass is 257 g/mol. The largest absolute Gasteiger partial charge is 0.393 e. The molecular formula is C15H19N3O. The van der Waals surface area contributed by atoms with E-state index in [0.29, 0.717) is 12.1 Å². The molecule has 4 heteroatoms. The Kier molecular flexibility index (Phi) is 2.60. The number of rotatable bonds is 2. The summed E-state index contributed by atoms with van der Waals surface area (Å²) in [5, 5.41) is 9.84. The van der Waals surface area contributed by atoms with E-state index in [1.165, 1.54) is 12.8 Å². The van der Waals surface area contributed by atoms with E-state index in [1.54, 1.807) is 0 Å². The smallest absolute Gasteiger partial charge is 0.121 e. The van der Waals surface area contributed by atoms with Gasteiger partial charge in [-0.1, -0.05) is 12.1 Å². The summed E-state index contributed by atoms with van der Waals surface area (Å²) in [5.74, 6) is 1.05. The van der Waals surface area contributed by atoms with Crippen LogP contribution >= 0.6 is 0 Å². The first-order chi connectivity index (χ1) is 9.29. The Labute approximate surface area is 112 Å². The minimum atomic E-state index is -0.0931. The highest BCUT2D eigenvalue weighted by Crippen LogP contribution is 2.36. The van der Waals surface area contributed by atoms with E-state index >= 15 is 0 Å². The average molecular weight is 257 g/mol. The second-order valence-electron chi connectivity index (χ2n) is 5.88. The number of hydrogen-bond acceptors (Lipinski definition) is 3. The maximum absolute atomic E-state index is 9.84. The van der Waals surface area contributed by atoms with Gasteiger partial charge >= 0.3 is 0 Å². The molecule has 2 atom stereocenters. The molecule has 4 nitrogen and oxygen atoms in total. The maximum atomic E-state index is 9.84. The van der Waals surface area contributed by atoms with Crippen molar-refractivity contribution >= 4 is 11.0 Å². The molecule has 3 heterocycles. The number of imidazole rings is 1. The Morgan fingerprint density at radius 2 is 1.95 bits per heavy atom. The predicted molar refractivity (Wildman–Crippen MR) is 73.7 cm³/mol. The van der Waals surface area contributed by atoms with Gasteiger partial charge in [0.2, 0.25) is 0 Å². The second kappa shape index (κ2) is 4.32. The number of aliphatic hydroxyl groups is 1. The molecule has 2 aromatic rings. The molecule has 2 bridgehead atoms. The third kappa shape index (κ3) is 1.95. The van der Waals surface area contributed by atoms with Crippen molar-refractivity contribution in [1.82, 2.24) is 14.9 Å². The summed E-state index contributed by atoms with van der Waals surface area (Å²) < 4.78 is 0. The number of benzene rings is 1. The lowest BCUT2D eigenvalue weighted by molar-refractivity contribution is 0.0298. The van der Waals surface area contributed by atoms with E-state index in [1.807, 2.05) is 18.2 Å². The van der Waals surface area contributed by atoms with Crippen molar-refractivity contribution in [2.45, 2.75) is 50.4 Å². The van der Waals surface area contributed by atoms with E-state index in [4.69, 9.17) is 0 Å². The molecule has 19 heavy (non-hydrogen) atoms. The van der Waals surface area contributed by atoms with Crippen LogP contribution in [0.15, 0.2) is 24.3 Å². The highest BCUT2D eigenvalue weighted by Gasteiger charge is 2.40. The van der Waals surface area contributed by atoms with Gasteiger partial charge in [0.15, 0.2) is 0 Å². The summed E-state index contributed by atoms with van der Waals surface area (Å²) in [6.07, 6.45) is 4.21. The quantitative estimate of drug-likeness (QED) is 0.865. The number of hydrogen-bond donors (Lipinski definition) is 2. The molecule has 4 rings (SSSR count). The highest BCUT2D eigenvalue weighted by atomic mass is 16.3. The van der Waals surface area contributed by atoms with Gasteiger partial charge in [-0.3, -0.25) is 4.90 Å². The molecule has 2 unspecified atom stereocenters. The van der Waals surface area contributed by atoms with Gasteiger partial charge in [0, 0.05) is 12.1 Å². The molecule has 2 saturated heterocycles. The molecule has 2 N–H and O–H groups in total. The summed E-state index contributed by atoms with van der Waals surface area (Å²) in [5.41, 5.74) is 2.16. The summed E-state index contributed by atoms with van der Waals surface area (Å²) in [4.78, 5) is 10.6. The van der Waals surface area contributed by atoms with E-state index in [-0.39, 0.29) is 6.10 Å². The van der Waals surface area contributed by atoms with E-state index < -0.39 is 0 Å². The maximum Gasteiger partial charge on any atom is 0.121 e. The van der Waals surface area contributed by atoms with Crippen LogP contribution in [0.2, 0.25) is 0 Å². The van der Waals surface area contributed by atoms with Crippen molar-refractivity contribution < 1.29 is 5.11 Å². The average Bonchev–Trinajstić information content (AvgIpc) is 2.90. The number of aliphatic hydroxyl groups excluding tert-OH is 1. The fraction of sp³-hybridized carbons (Fsp3) is 0.533. The van der Waals surface area contributed by atoms with Crippen LogP contribution in [-0.2, 0) is 6.54 Å². The van der Waals surface area contributed by atoms with Gasteiger partial charge < -0.3 is 10.1 Å². The number of fused-ring (bicyclic) bond motifs is 3. The fourth-order valence-corrected chi connectivity index (χ4v) is 3.76. The number of nitrogens with zero attached hydrogens (tertiary/aromatic N) is 2. The first kappa shape index (κ1) is 11.4. The minimum absolute atomic E-state index is 0.0931. The third-order valence-electron chi connectivity index (χ3n) is 4.63. The highest BCUT2D eigenvalue weighted by molar-refractivity contribution is 5.74. The molecule has 1 aromatic carbocycles. The molecule has 100 valence electrons. The van der Waals surface area contributed by atoms with Crippen molar-refractivity contribution in [3.63, 3.8) is 0 Å². The Morgan fingerprint density at radius 1 is 1.21 bits per heavy atom. The zero-order valence-corrected chi connectivity index (χ0v) is 10.9. The Bertz CT molecular complexity index is 547. The van der Waals surface area contributed by atoms with Crippen LogP contribution in [0.3, 0.4) is 0 Å². The standard InChI is InChI=1S/C15H19N3O/c19-12-7-10-5-6-11(8-12)18(10)9-15-16-13-3-1-2-4-14(13)17-15/h1-4,10-12,19H,5-9H2,(H,16,17). The third-order valence-corrected chi connectivity index (χ3v) is 4.63. The van der Waals surface area contributed by atoms with Gasteiger partial charge in [0.1, 0.15) is 5.82 Å². The molecule has 1 aromatic heterocycles. The number of piperidine rings is 1. The molecule has 0 amide bonds. The fourth-order valence-electron chi connectivity index (χ4n) is 3.76. The first-order valence-corrected chi connectivity index (χ1v) is 7.17. The van der Waals surface area contributed by atoms with Crippen LogP contribution in [0.1, 0.15) is 31.5 Å². The minimum Gasteiger partial charge on any atom is -0.393 e. The Balaban J connectivity index is 1.58. The van der Waals surface area contributed by atoms with Crippen molar-refractivity contribution in [2.75, 3.05) is 0 Å². The van der Waals surface area contributed by atoms with Gasteiger partial charge in [-0.2, -0.15) is 0 Å². The molecule has 2 aliphatic rings. The number of aromatic amines is 1. The Hall–Kier alpha value is -1.39. The summed E-state index contributed by atoms with van der Waals surface area (Å²) in [7, 11) is 0. The van der Waals surface area contributed by atoms with Crippen molar-refractivity contribution in [3.8, 4) is 0 Å². The molecule has 2 aliphatic heterocycles. The first-order valence-electron chi connectivity index (χ1n) is 7.17. The van der Waals surface area contributed by atoms with Gasteiger partial charge in [0.05, 0.1) is 23.7 Å². The summed E-state index contributed by atoms with van der Waals surface area (Å²) in [6.45, 7) is 0.886. The molecular weight excluding hydrogens is 238 g/mol. The molecule has 2 fully saturated rings. The van der Waals surface area contributed by atoms with Gasteiger partial charge in [-0.15, -0.1) is 0 Å². The van der Waals surface area contributed by atoms with Crippen LogP contribution in [0.4, 0.5) is 0 Å². The summed E-state index contributed by atoms with van der Waals surface area (Å²) in [6, 6.07) is 9.26. The lowest BCUT2D eigenvalue weighted by atomic mass is 10.00. The van der Waals surface area contributed by atoms with Crippen LogP contribution in [0, 0.1) is 0 Å². The lowest BCUT2D eigenvalue weighted by Gasteiger charge is -2.36. The SMILES string of the molecule is OC1CC2CCC(C1)N2Cc1nc2ccccc2[nH]1. The number of para-hydroxylation sites is 2. The normalized spacial score (nSPS) is 31.1. The number of aromatic nitrogens is 2. The van der Waals surface area contributed by atoms with E-state index in [2.05, 4.69) is 20.9 Å². The number of nitrogens with one attached hydrogen (secondary N) is 1. The van der Waals surface area contributed by atoms with Gasteiger partial charge in [-0.05, 0) is 37.8 Å². The van der Waals surface area contributed by atoms with Crippen LogP contribution < -0.4 is 0 Å². The van der Waals surface area contributed by atoms with Crippen molar-refractivity contribution in [2.24, 2.45) is 0 Å². The van der Waals surface area contributed by atoms with E-state index in [9.17, 15) is 5.11 Å². The molecule has 0 aliphatic carbocycles. The molecule has 0 saturated carbocycles. The predicted octanol–water partition coefficient (Wildman–Crippen LogP) is 2.05. The second-order valence-corrected chi connectivity index (χ2v) is 5.88. The van der Waals surface area contributed by atoms with Crippen LogP contribution in [0.5, 0.6) is 0 Å². The molecule has 0 radical (unpaired) electrons. The Morgan fingerprint density at radius 3 is 2.68 bits per heavy atom. The van der Waals surface area contributed by atoms with Gasteiger partial charge in [0.25, 0.3) is 0 Å². The van der Waals surface area contributed by atoms with Crippen molar-refractivity contribution in [1.29, 1.82) is 0 Å². The van der Waals surface area contributed by atoms with Crippen LogP contribution in [-0.4, -0.2) is 38.2 Å². The van der Waals surface area contributed by atoms with E-state index in [0.717, 1.165) is 36.2 Å².